The van der Waals surface area contributed by atoms with Gasteiger partial charge in [0.05, 0.1) is 5.38 Å². The van der Waals surface area contributed by atoms with E-state index in [-0.39, 0.29) is 17.3 Å². The first-order chi connectivity index (χ1) is 9.62. The molecular formula is C17H26ClNO. The van der Waals surface area contributed by atoms with Crippen molar-refractivity contribution in [1.29, 1.82) is 0 Å². The van der Waals surface area contributed by atoms with E-state index in [0.29, 0.717) is 5.41 Å². The Morgan fingerprint density at radius 3 is 2.15 bits per heavy atom. The van der Waals surface area contributed by atoms with Crippen molar-refractivity contribution in [1.82, 2.24) is 5.32 Å². The first kappa shape index (κ1) is 13.4. The lowest BCUT2D eigenvalue weighted by Gasteiger charge is -2.56. The molecule has 0 spiro atoms. The van der Waals surface area contributed by atoms with E-state index >= 15 is 0 Å². The zero-order chi connectivity index (χ0) is 13.7. The zero-order valence-corrected chi connectivity index (χ0v) is 13.0. The Kier molecular flexibility index (Phi) is 3.29. The Balaban J connectivity index is 1.39. The maximum absolute atomic E-state index is 12.5. The topological polar surface area (TPSA) is 29.1 Å². The van der Waals surface area contributed by atoms with E-state index in [1.807, 2.05) is 0 Å². The molecule has 0 aromatic heterocycles. The van der Waals surface area contributed by atoms with Crippen LogP contribution in [0.2, 0.25) is 0 Å². The van der Waals surface area contributed by atoms with Gasteiger partial charge in [0.15, 0.2) is 0 Å². The van der Waals surface area contributed by atoms with Crippen LogP contribution in [0.4, 0.5) is 0 Å². The molecule has 0 aliphatic heterocycles. The molecule has 5 aliphatic rings. The summed E-state index contributed by atoms with van der Waals surface area (Å²) in [6.45, 7) is 0. The third-order valence-electron chi connectivity index (χ3n) is 6.48. The van der Waals surface area contributed by atoms with Gasteiger partial charge in [0.1, 0.15) is 0 Å². The number of rotatable bonds is 3. The van der Waals surface area contributed by atoms with Crippen LogP contribution in [0.5, 0.6) is 0 Å². The Morgan fingerprint density at radius 1 is 1.05 bits per heavy atom. The quantitative estimate of drug-likeness (QED) is 0.787. The van der Waals surface area contributed by atoms with E-state index in [1.54, 1.807) is 0 Å². The molecular weight excluding hydrogens is 270 g/mol. The number of hydrogen-bond acceptors (Lipinski definition) is 1. The summed E-state index contributed by atoms with van der Waals surface area (Å²) in [4.78, 5) is 12.5. The monoisotopic (exact) mass is 295 g/mol. The van der Waals surface area contributed by atoms with Crippen molar-refractivity contribution in [2.24, 2.45) is 23.2 Å². The highest BCUT2D eigenvalue weighted by Gasteiger charge is 2.51. The van der Waals surface area contributed by atoms with Gasteiger partial charge in [0, 0.05) is 12.5 Å². The fraction of sp³-hybridized carbons (Fsp3) is 0.941. The minimum absolute atomic E-state index is 0.162. The van der Waals surface area contributed by atoms with Gasteiger partial charge in [-0.05, 0) is 81.0 Å². The van der Waals surface area contributed by atoms with Crippen molar-refractivity contribution in [3.05, 3.63) is 0 Å². The molecule has 2 atom stereocenters. The molecule has 0 radical (unpaired) electrons. The molecule has 1 amide bonds. The van der Waals surface area contributed by atoms with Crippen LogP contribution in [-0.4, -0.2) is 17.3 Å². The van der Waals surface area contributed by atoms with Gasteiger partial charge in [-0.15, -0.1) is 11.6 Å². The summed E-state index contributed by atoms with van der Waals surface area (Å²) in [5.74, 6) is 3.08. The van der Waals surface area contributed by atoms with Crippen LogP contribution in [0.15, 0.2) is 0 Å². The average molecular weight is 296 g/mol. The largest absolute Gasteiger partial charge is 0.352 e. The molecule has 3 heteroatoms. The molecule has 5 aliphatic carbocycles. The smallest absolute Gasteiger partial charge is 0.220 e. The second kappa shape index (κ2) is 4.90. The molecule has 0 aromatic rings. The molecule has 4 bridgehead atoms. The maximum Gasteiger partial charge on any atom is 0.220 e. The van der Waals surface area contributed by atoms with Crippen LogP contribution in [-0.2, 0) is 4.79 Å². The van der Waals surface area contributed by atoms with E-state index in [1.165, 1.54) is 38.5 Å². The number of carbonyl (C=O) groups excluding carboxylic acids is 1. The number of nitrogens with one attached hydrogen (secondary N) is 1. The molecule has 5 rings (SSSR count). The van der Waals surface area contributed by atoms with Gasteiger partial charge in [0.2, 0.25) is 5.91 Å². The Hall–Kier alpha value is -0.240. The van der Waals surface area contributed by atoms with Gasteiger partial charge in [-0.3, -0.25) is 4.79 Å². The molecule has 0 aromatic carbocycles. The minimum Gasteiger partial charge on any atom is -0.352 e. The molecule has 5 saturated carbocycles. The second-order valence-corrected chi connectivity index (χ2v) is 8.78. The molecule has 0 heterocycles. The van der Waals surface area contributed by atoms with Gasteiger partial charge < -0.3 is 5.32 Å². The standard InChI is InChI=1S/C17H26ClNO/c18-14-2-1-3-15(14)19-16(20)10-17-7-11-4-12(8-17)6-13(5-11)9-17/h11-15H,1-10H2,(H,19,20). The van der Waals surface area contributed by atoms with E-state index in [2.05, 4.69) is 5.32 Å². The number of halogens is 1. The lowest BCUT2D eigenvalue weighted by Crippen LogP contribution is -2.49. The second-order valence-electron chi connectivity index (χ2n) is 8.22. The molecule has 5 fully saturated rings. The van der Waals surface area contributed by atoms with Crippen LogP contribution in [0.25, 0.3) is 0 Å². The highest BCUT2D eigenvalue weighted by atomic mass is 35.5. The van der Waals surface area contributed by atoms with Crippen LogP contribution >= 0.6 is 11.6 Å². The summed E-state index contributed by atoms with van der Waals surface area (Å²) in [6, 6.07) is 0.234. The van der Waals surface area contributed by atoms with Crippen molar-refractivity contribution in [3.63, 3.8) is 0 Å². The van der Waals surface area contributed by atoms with Crippen LogP contribution in [0, 0.1) is 23.2 Å². The SMILES string of the molecule is O=C(CC12CC3CC(CC(C3)C1)C2)NC1CCCC1Cl. The number of hydrogen-bond donors (Lipinski definition) is 1. The van der Waals surface area contributed by atoms with E-state index < -0.39 is 0 Å². The third kappa shape index (κ3) is 2.38. The molecule has 2 nitrogen and oxygen atoms in total. The number of carbonyl (C=O) groups is 1. The summed E-state index contributed by atoms with van der Waals surface area (Å²) >= 11 is 6.28. The number of alkyl halides is 1. The fourth-order valence-corrected chi connectivity index (χ4v) is 6.53. The van der Waals surface area contributed by atoms with Crippen molar-refractivity contribution < 1.29 is 4.79 Å². The summed E-state index contributed by atoms with van der Waals surface area (Å²) in [5.41, 5.74) is 0.360. The summed E-state index contributed by atoms with van der Waals surface area (Å²) in [7, 11) is 0. The van der Waals surface area contributed by atoms with E-state index in [9.17, 15) is 4.79 Å². The Labute approximate surface area is 127 Å². The zero-order valence-electron chi connectivity index (χ0n) is 12.2. The lowest BCUT2D eigenvalue weighted by molar-refractivity contribution is -0.130. The molecule has 0 saturated heterocycles. The fourth-order valence-electron chi connectivity index (χ4n) is 6.18. The lowest BCUT2D eigenvalue weighted by atomic mass is 9.49. The van der Waals surface area contributed by atoms with Crippen LogP contribution in [0.1, 0.15) is 64.2 Å². The van der Waals surface area contributed by atoms with Gasteiger partial charge in [0.25, 0.3) is 0 Å². The maximum atomic E-state index is 12.5. The Morgan fingerprint density at radius 2 is 1.65 bits per heavy atom. The van der Waals surface area contributed by atoms with E-state index in [0.717, 1.165) is 43.4 Å². The average Bonchev–Trinajstić information content (AvgIpc) is 2.72. The highest BCUT2D eigenvalue weighted by Crippen LogP contribution is 2.61. The summed E-state index contributed by atoms with van der Waals surface area (Å²) in [6.07, 6.45) is 12.4. The van der Waals surface area contributed by atoms with Crippen molar-refractivity contribution in [2.45, 2.75) is 75.6 Å². The minimum atomic E-state index is 0.162. The van der Waals surface area contributed by atoms with Crippen LogP contribution in [0.3, 0.4) is 0 Å². The molecule has 112 valence electrons. The first-order valence-electron chi connectivity index (χ1n) is 8.55. The predicted octanol–water partition coefficient (Wildman–Crippen LogP) is 3.87. The van der Waals surface area contributed by atoms with Crippen molar-refractivity contribution in [3.8, 4) is 0 Å². The van der Waals surface area contributed by atoms with Crippen molar-refractivity contribution >= 4 is 17.5 Å². The Bertz CT molecular complexity index is 373. The molecule has 2 unspecified atom stereocenters. The van der Waals surface area contributed by atoms with Gasteiger partial charge >= 0.3 is 0 Å². The van der Waals surface area contributed by atoms with Gasteiger partial charge in [-0.1, -0.05) is 0 Å². The van der Waals surface area contributed by atoms with Crippen LogP contribution < -0.4 is 5.32 Å². The van der Waals surface area contributed by atoms with Gasteiger partial charge in [-0.2, -0.15) is 0 Å². The third-order valence-corrected chi connectivity index (χ3v) is 7.00. The number of amides is 1. The van der Waals surface area contributed by atoms with Gasteiger partial charge in [-0.25, -0.2) is 0 Å². The van der Waals surface area contributed by atoms with E-state index in [4.69, 9.17) is 11.6 Å². The summed E-state index contributed by atoms with van der Waals surface area (Å²) < 4.78 is 0. The normalized spacial score (nSPS) is 49.5. The van der Waals surface area contributed by atoms with Crippen molar-refractivity contribution in [2.75, 3.05) is 0 Å². The predicted molar refractivity (Wildman–Crippen MR) is 80.6 cm³/mol. The summed E-state index contributed by atoms with van der Waals surface area (Å²) in [5, 5.41) is 3.40. The molecule has 1 N–H and O–H groups in total. The molecule has 20 heavy (non-hydrogen) atoms. The highest BCUT2D eigenvalue weighted by molar-refractivity contribution is 6.21. The first-order valence-corrected chi connectivity index (χ1v) is 8.99.